The SMILES string of the molecule is CC(C)CN(C(=O)C#Cc1ccc(C(F)(F)F)cc1)[C@@H]1CC[C@H]2[C@H]3Cc4c(O)cccc4[C@@]2(CCN3)C1. The average Bonchev–Trinajstić information content (AvgIpc) is 2.85. The van der Waals surface area contributed by atoms with E-state index in [1.54, 1.807) is 6.07 Å². The number of nitrogens with zero attached hydrogens (tertiary/aromatic N) is 1. The van der Waals surface area contributed by atoms with Crippen molar-refractivity contribution in [1.82, 2.24) is 10.2 Å². The van der Waals surface area contributed by atoms with Gasteiger partial charge in [0.1, 0.15) is 5.75 Å². The van der Waals surface area contributed by atoms with Gasteiger partial charge in [-0.05, 0) is 91.9 Å². The third kappa shape index (κ3) is 4.84. The summed E-state index contributed by atoms with van der Waals surface area (Å²) in [6.45, 7) is 5.62. The van der Waals surface area contributed by atoms with Crippen molar-refractivity contribution in [1.29, 1.82) is 0 Å². The van der Waals surface area contributed by atoms with Crippen molar-refractivity contribution in [2.45, 2.75) is 69.6 Å². The Labute approximate surface area is 216 Å². The van der Waals surface area contributed by atoms with Crippen LogP contribution in [0.3, 0.4) is 0 Å². The summed E-state index contributed by atoms with van der Waals surface area (Å²) in [6.07, 6.45) is 0.0855. The van der Waals surface area contributed by atoms with E-state index in [2.05, 4.69) is 37.1 Å². The number of halogens is 3. The molecule has 1 amide bonds. The van der Waals surface area contributed by atoms with E-state index in [1.807, 2.05) is 11.0 Å². The summed E-state index contributed by atoms with van der Waals surface area (Å²) >= 11 is 0. The first-order valence-electron chi connectivity index (χ1n) is 13.1. The Morgan fingerprint density at radius 3 is 2.65 bits per heavy atom. The second-order valence-electron chi connectivity index (χ2n) is 11.2. The van der Waals surface area contributed by atoms with Crippen LogP contribution in [0.4, 0.5) is 13.2 Å². The monoisotopic (exact) mass is 510 g/mol. The van der Waals surface area contributed by atoms with Crippen LogP contribution >= 0.6 is 0 Å². The molecule has 4 atom stereocenters. The van der Waals surface area contributed by atoms with Gasteiger partial charge in [-0.25, -0.2) is 0 Å². The lowest BCUT2D eigenvalue weighted by Crippen LogP contribution is -2.62. The minimum absolute atomic E-state index is 0.0140. The lowest BCUT2D eigenvalue weighted by Gasteiger charge is -2.58. The highest BCUT2D eigenvalue weighted by atomic mass is 19.4. The standard InChI is InChI=1S/C30H33F3N2O2/c1-19(2)18-35(28(37)13-8-20-6-9-21(10-7-20)30(31,32)33)22-11-12-25-26-16-23-24(4-3-5-27(23)36)29(25,17-22)14-15-34-26/h3-7,9-10,19,22,25-26,34,36H,11-12,14-18H2,1-2H3/t22-,25+,26-,29-/m1/s1. The molecular weight excluding hydrogens is 477 g/mol. The molecule has 37 heavy (non-hydrogen) atoms. The summed E-state index contributed by atoms with van der Waals surface area (Å²) in [5.41, 5.74) is 1.81. The van der Waals surface area contributed by atoms with Crippen LogP contribution in [0.25, 0.3) is 0 Å². The third-order valence-corrected chi connectivity index (χ3v) is 8.49. The van der Waals surface area contributed by atoms with Crippen molar-refractivity contribution in [2.75, 3.05) is 13.1 Å². The van der Waals surface area contributed by atoms with Gasteiger partial charge in [-0.3, -0.25) is 4.79 Å². The Morgan fingerprint density at radius 1 is 1.19 bits per heavy atom. The Balaban J connectivity index is 1.42. The van der Waals surface area contributed by atoms with Gasteiger partial charge in [0.25, 0.3) is 5.91 Å². The molecule has 1 saturated heterocycles. The average molecular weight is 511 g/mol. The van der Waals surface area contributed by atoms with E-state index < -0.39 is 11.7 Å². The summed E-state index contributed by atoms with van der Waals surface area (Å²) in [5, 5.41) is 14.3. The molecule has 2 bridgehead atoms. The first-order chi connectivity index (χ1) is 17.6. The number of fused-ring (bicyclic) bond motifs is 1. The largest absolute Gasteiger partial charge is 0.508 e. The second kappa shape index (κ2) is 9.72. The summed E-state index contributed by atoms with van der Waals surface area (Å²) in [5.74, 6) is 6.27. The maximum absolute atomic E-state index is 13.4. The van der Waals surface area contributed by atoms with Gasteiger partial charge in [-0.15, -0.1) is 0 Å². The number of rotatable bonds is 3. The van der Waals surface area contributed by atoms with Crippen LogP contribution < -0.4 is 5.32 Å². The van der Waals surface area contributed by atoms with Gasteiger partial charge in [0.05, 0.1) is 5.56 Å². The molecule has 0 radical (unpaired) electrons. The number of benzene rings is 2. The number of hydrogen-bond acceptors (Lipinski definition) is 3. The zero-order chi connectivity index (χ0) is 26.4. The first-order valence-corrected chi connectivity index (χ1v) is 13.1. The van der Waals surface area contributed by atoms with Crippen molar-refractivity contribution < 1.29 is 23.1 Å². The number of nitrogens with one attached hydrogen (secondary N) is 1. The molecule has 5 rings (SSSR count). The van der Waals surface area contributed by atoms with E-state index in [0.29, 0.717) is 29.8 Å². The summed E-state index contributed by atoms with van der Waals surface area (Å²) < 4.78 is 38.6. The molecular formula is C30H33F3N2O2. The van der Waals surface area contributed by atoms with Gasteiger partial charge >= 0.3 is 6.18 Å². The predicted octanol–water partition coefficient (Wildman–Crippen LogP) is 5.27. The van der Waals surface area contributed by atoms with Crippen LogP contribution in [0.2, 0.25) is 0 Å². The maximum Gasteiger partial charge on any atom is 0.416 e. The quantitative estimate of drug-likeness (QED) is 0.553. The number of phenols is 1. The van der Waals surface area contributed by atoms with Gasteiger partial charge in [0.15, 0.2) is 0 Å². The molecule has 0 unspecified atom stereocenters. The molecule has 2 aromatic rings. The number of hydrogen-bond donors (Lipinski definition) is 2. The van der Waals surface area contributed by atoms with Crippen LogP contribution in [0, 0.1) is 23.7 Å². The molecule has 4 nitrogen and oxygen atoms in total. The molecule has 2 fully saturated rings. The van der Waals surface area contributed by atoms with Crippen molar-refractivity contribution in [3.05, 3.63) is 64.7 Å². The van der Waals surface area contributed by atoms with Crippen molar-refractivity contribution in [3.8, 4) is 17.6 Å². The molecule has 1 aliphatic heterocycles. The highest BCUT2D eigenvalue weighted by Crippen LogP contribution is 2.55. The Hall–Kier alpha value is -2.98. The molecule has 2 N–H and O–H groups in total. The maximum atomic E-state index is 13.4. The van der Waals surface area contributed by atoms with Crippen molar-refractivity contribution in [3.63, 3.8) is 0 Å². The minimum Gasteiger partial charge on any atom is -0.508 e. The fourth-order valence-corrected chi connectivity index (χ4v) is 6.95. The van der Waals surface area contributed by atoms with E-state index in [0.717, 1.165) is 56.3 Å². The third-order valence-electron chi connectivity index (χ3n) is 8.49. The van der Waals surface area contributed by atoms with E-state index in [9.17, 15) is 23.1 Å². The lowest BCUT2D eigenvalue weighted by molar-refractivity contribution is -0.137. The highest BCUT2D eigenvalue weighted by Gasteiger charge is 2.54. The van der Waals surface area contributed by atoms with Crippen molar-refractivity contribution in [2.24, 2.45) is 11.8 Å². The van der Waals surface area contributed by atoms with E-state index in [-0.39, 0.29) is 23.3 Å². The molecule has 0 spiro atoms. The van der Waals surface area contributed by atoms with Gasteiger partial charge in [0, 0.05) is 35.5 Å². The molecule has 1 saturated carbocycles. The first kappa shape index (κ1) is 25.7. The predicted molar refractivity (Wildman–Crippen MR) is 136 cm³/mol. The zero-order valence-electron chi connectivity index (χ0n) is 21.2. The molecule has 2 aromatic carbocycles. The molecule has 0 aromatic heterocycles. The summed E-state index contributed by atoms with van der Waals surface area (Å²) in [4.78, 5) is 15.3. The van der Waals surface area contributed by atoms with Crippen LogP contribution in [-0.4, -0.2) is 41.1 Å². The van der Waals surface area contributed by atoms with E-state index >= 15 is 0 Å². The fraction of sp³-hybridized carbons (Fsp3) is 0.500. The van der Waals surface area contributed by atoms with Gasteiger partial charge in [-0.1, -0.05) is 31.9 Å². The lowest BCUT2D eigenvalue weighted by atomic mass is 9.51. The number of carbonyl (C=O) groups is 1. The molecule has 3 aliphatic rings. The molecule has 1 heterocycles. The minimum atomic E-state index is -4.41. The fourth-order valence-electron chi connectivity index (χ4n) is 6.95. The summed E-state index contributed by atoms with van der Waals surface area (Å²) in [7, 11) is 0. The van der Waals surface area contributed by atoms with Crippen LogP contribution in [0.15, 0.2) is 42.5 Å². The molecule has 7 heteroatoms. The Morgan fingerprint density at radius 2 is 1.95 bits per heavy atom. The van der Waals surface area contributed by atoms with Gasteiger partial charge < -0.3 is 15.3 Å². The molecule has 196 valence electrons. The second-order valence-corrected chi connectivity index (χ2v) is 11.2. The topological polar surface area (TPSA) is 52.6 Å². The van der Waals surface area contributed by atoms with E-state index in [1.165, 1.54) is 17.7 Å². The van der Waals surface area contributed by atoms with Crippen LogP contribution in [0.1, 0.15) is 61.8 Å². The van der Waals surface area contributed by atoms with Crippen LogP contribution in [0.5, 0.6) is 5.75 Å². The number of carbonyl (C=O) groups excluding carboxylic acids is 1. The van der Waals surface area contributed by atoms with Crippen LogP contribution in [-0.2, 0) is 22.8 Å². The van der Waals surface area contributed by atoms with Gasteiger partial charge in [-0.2, -0.15) is 13.2 Å². The number of phenolic OH excluding ortho intramolecular Hbond substituents is 1. The smallest absolute Gasteiger partial charge is 0.416 e. The number of piperidine rings is 1. The highest BCUT2D eigenvalue weighted by molar-refractivity contribution is 5.94. The number of amides is 1. The number of aromatic hydroxyl groups is 1. The number of alkyl halides is 3. The summed E-state index contributed by atoms with van der Waals surface area (Å²) in [6, 6.07) is 10.8. The Bertz CT molecular complexity index is 1230. The molecule has 2 aliphatic carbocycles. The van der Waals surface area contributed by atoms with Crippen molar-refractivity contribution >= 4 is 5.91 Å². The normalized spacial score (nSPS) is 26.5. The zero-order valence-corrected chi connectivity index (χ0v) is 21.2. The Kier molecular flexibility index (Phi) is 6.74. The van der Waals surface area contributed by atoms with E-state index in [4.69, 9.17) is 0 Å². The van der Waals surface area contributed by atoms with Gasteiger partial charge in [0.2, 0.25) is 0 Å².